The lowest BCUT2D eigenvalue weighted by atomic mass is 9.82. The number of nitrogens with one attached hydrogen (secondary N) is 1. The van der Waals surface area contributed by atoms with Crippen LogP contribution < -0.4 is 5.32 Å². The van der Waals surface area contributed by atoms with Crippen LogP contribution in [0.25, 0.3) is 5.57 Å². The number of hydrogen-bond donors (Lipinski definition) is 3. The molecule has 1 saturated heterocycles. The second-order valence-electron chi connectivity index (χ2n) is 7.28. The molecule has 2 aliphatic heterocycles. The van der Waals surface area contributed by atoms with Crippen molar-refractivity contribution in [3.8, 4) is 0 Å². The van der Waals surface area contributed by atoms with Crippen LogP contribution in [0.2, 0.25) is 0 Å². The maximum absolute atomic E-state index is 12.3. The van der Waals surface area contributed by atoms with E-state index in [1.165, 1.54) is 4.90 Å². The second kappa shape index (κ2) is 7.18. The molecule has 0 spiro atoms. The minimum atomic E-state index is -1.17. The fourth-order valence-electron chi connectivity index (χ4n) is 4.07. The number of anilines is 1. The number of fused-ring (bicyclic) bond motifs is 1. The minimum absolute atomic E-state index is 0.0297. The van der Waals surface area contributed by atoms with E-state index in [1.807, 2.05) is 6.07 Å². The third-order valence-electron chi connectivity index (χ3n) is 5.46. The van der Waals surface area contributed by atoms with E-state index < -0.39 is 18.0 Å². The lowest BCUT2D eigenvalue weighted by Gasteiger charge is -2.44. The average Bonchev–Trinajstić information content (AvgIpc) is 3.04. The van der Waals surface area contributed by atoms with Crippen LogP contribution in [0.4, 0.5) is 5.69 Å². The number of carbonyl (C=O) groups excluding carboxylic acids is 2. The molecule has 7 nitrogen and oxygen atoms in total. The van der Waals surface area contributed by atoms with Gasteiger partial charge in [-0.25, -0.2) is 4.79 Å². The lowest BCUT2D eigenvalue weighted by molar-refractivity contribution is -0.161. The van der Waals surface area contributed by atoms with Gasteiger partial charge in [-0.1, -0.05) is 30.3 Å². The van der Waals surface area contributed by atoms with E-state index in [0.717, 1.165) is 0 Å². The third-order valence-corrected chi connectivity index (χ3v) is 5.46. The van der Waals surface area contributed by atoms with Gasteiger partial charge in [0.1, 0.15) is 5.70 Å². The highest BCUT2D eigenvalue weighted by molar-refractivity contribution is 6.06. The Morgan fingerprint density at radius 1 is 1.10 bits per heavy atom. The van der Waals surface area contributed by atoms with Gasteiger partial charge in [-0.15, -0.1) is 0 Å². The van der Waals surface area contributed by atoms with Crippen molar-refractivity contribution in [3.63, 3.8) is 0 Å². The van der Waals surface area contributed by atoms with Gasteiger partial charge in [0, 0.05) is 11.3 Å². The molecule has 29 heavy (non-hydrogen) atoms. The van der Waals surface area contributed by atoms with Crippen molar-refractivity contribution in [3.05, 3.63) is 71.4 Å². The van der Waals surface area contributed by atoms with E-state index in [-0.39, 0.29) is 23.6 Å². The summed E-state index contributed by atoms with van der Waals surface area (Å²) in [6.45, 7) is 1.54. The van der Waals surface area contributed by atoms with Gasteiger partial charge in [0.25, 0.3) is 5.91 Å². The molecule has 0 unspecified atom stereocenters. The molecule has 4 rings (SSSR count). The van der Waals surface area contributed by atoms with Crippen LogP contribution in [-0.2, 0) is 9.59 Å². The fourth-order valence-corrected chi connectivity index (χ4v) is 4.07. The quantitative estimate of drug-likeness (QED) is 0.677. The molecule has 2 aliphatic rings. The second-order valence-corrected chi connectivity index (χ2v) is 7.28. The molecule has 148 valence electrons. The number of hydrogen-bond acceptors (Lipinski definition) is 4. The highest BCUT2D eigenvalue weighted by atomic mass is 16.4. The number of aliphatic hydroxyl groups excluding tert-OH is 1. The fraction of sp³-hybridized carbons (Fsp3) is 0.227. The SMILES string of the molecule is C[C@@H](O)[C@H]1C(=O)N2C(C(=O)O)=C(c3ccc(NC(=O)c4ccccc4)cc3)C[C@H]12. The normalized spacial score (nSPS) is 21.4. The zero-order valence-electron chi connectivity index (χ0n) is 15.7. The number of carbonyl (C=O) groups is 3. The van der Waals surface area contributed by atoms with E-state index in [1.54, 1.807) is 55.5 Å². The topological polar surface area (TPSA) is 107 Å². The zero-order valence-corrected chi connectivity index (χ0v) is 15.7. The van der Waals surface area contributed by atoms with E-state index in [0.29, 0.717) is 28.8 Å². The molecule has 2 aromatic carbocycles. The summed E-state index contributed by atoms with van der Waals surface area (Å²) >= 11 is 0. The summed E-state index contributed by atoms with van der Waals surface area (Å²) in [4.78, 5) is 37.6. The number of amides is 2. The van der Waals surface area contributed by atoms with Gasteiger partial charge in [0.15, 0.2) is 0 Å². The highest BCUT2D eigenvalue weighted by Crippen LogP contribution is 2.46. The van der Waals surface area contributed by atoms with Crippen molar-refractivity contribution < 1.29 is 24.6 Å². The van der Waals surface area contributed by atoms with Gasteiger partial charge in [-0.2, -0.15) is 0 Å². The smallest absolute Gasteiger partial charge is 0.352 e. The summed E-state index contributed by atoms with van der Waals surface area (Å²) in [5, 5.41) is 22.3. The Hall–Kier alpha value is -3.45. The summed E-state index contributed by atoms with van der Waals surface area (Å²) in [5.41, 5.74) is 2.32. The number of carboxylic acid groups (broad SMARTS) is 1. The number of aliphatic hydroxyl groups is 1. The number of nitrogens with zero attached hydrogens (tertiary/aromatic N) is 1. The summed E-state index contributed by atoms with van der Waals surface area (Å²) in [6, 6.07) is 15.3. The van der Waals surface area contributed by atoms with E-state index in [2.05, 4.69) is 5.32 Å². The number of carboxylic acids is 1. The first-order valence-electron chi connectivity index (χ1n) is 9.33. The summed E-state index contributed by atoms with van der Waals surface area (Å²) < 4.78 is 0. The van der Waals surface area contributed by atoms with E-state index in [4.69, 9.17) is 0 Å². The summed E-state index contributed by atoms with van der Waals surface area (Å²) in [6.07, 6.45) is -0.452. The van der Waals surface area contributed by atoms with Crippen molar-refractivity contribution in [2.45, 2.75) is 25.5 Å². The number of benzene rings is 2. The van der Waals surface area contributed by atoms with Crippen LogP contribution in [0.3, 0.4) is 0 Å². The van der Waals surface area contributed by atoms with Crippen molar-refractivity contribution in [2.75, 3.05) is 5.32 Å². The van der Waals surface area contributed by atoms with Gasteiger partial charge < -0.3 is 20.4 Å². The molecular weight excluding hydrogens is 372 g/mol. The Morgan fingerprint density at radius 3 is 2.34 bits per heavy atom. The highest BCUT2D eigenvalue weighted by Gasteiger charge is 2.56. The van der Waals surface area contributed by atoms with Crippen molar-refractivity contribution in [2.24, 2.45) is 5.92 Å². The maximum Gasteiger partial charge on any atom is 0.352 e. The standard InChI is InChI=1S/C22H20N2O5/c1-12(25)18-17-11-16(19(22(28)29)24(17)21(18)27)13-7-9-15(10-8-13)23-20(26)14-5-3-2-4-6-14/h2-10,12,17-18,25H,11H2,1H3,(H,23,26)(H,28,29)/t12-,17-,18-/m1/s1. The molecule has 7 heteroatoms. The maximum atomic E-state index is 12.3. The summed E-state index contributed by atoms with van der Waals surface area (Å²) in [7, 11) is 0. The first kappa shape index (κ1) is 18.9. The molecule has 0 saturated carbocycles. The molecule has 2 heterocycles. The molecule has 0 aromatic heterocycles. The van der Waals surface area contributed by atoms with Gasteiger partial charge in [-0.05, 0) is 48.7 Å². The molecule has 1 fully saturated rings. The van der Waals surface area contributed by atoms with Crippen molar-refractivity contribution >= 4 is 29.0 Å². The van der Waals surface area contributed by atoms with E-state index in [9.17, 15) is 24.6 Å². The Kier molecular flexibility index (Phi) is 4.68. The molecule has 3 atom stereocenters. The monoisotopic (exact) mass is 392 g/mol. The first-order chi connectivity index (χ1) is 13.9. The molecule has 0 bridgehead atoms. The molecule has 2 aromatic rings. The molecule has 0 aliphatic carbocycles. The van der Waals surface area contributed by atoms with Crippen LogP contribution in [0.1, 0.15) is 29.3 Å². The Morgan fingerprint density at radius 2 is 1.76 bits per heavy atom. The molecule has 0 radical (unpaired) electrons. The molecular formula is C22H20N2O5. The Bertz CT molecular complexity index is 1010. The van der Waals surface area contributed by atoms with Gasteiger partial charge in [-0.3, -0.25) is 9.59 Å². The van der Waals surface area contributed by atoms with Gasteiger partial charge in [0.05, 0.1) is 18.1 Å². The first-order valence-corrected chi connectivity index (χ1v) is 9.33. The zero-order chi connectivity index (χ0) is 20.7. The number of rotatable bonds is 5. The Balaban J connectivity index is 1.57. The van der Waals surface area contributed by atoms with Crippen LogP contribution in [-0.4, -0.2) is 45.0 Å². The molecule has 3 N–H and O–H groups in total. The van der Waals surface area contributed by atoms with Crippen LogP contribution in [0.15, 0.2) is 60.3 Å². The van der Waals surface area contributed by atoms with Gasteiger partial charge in [0.2, 0.25) is 5.91 Å². The number of β-lactam (4-membered cyclic amide) rings is 1. The van der Waals surface area contributed by atoms with Crippen molar-refractivity contribution in [1.29, 1.82) is 0 Å². The predicted octanol–water partition coefficient (Wildman–Crippen LogP) is 2.35. The average molecular weight is 392 g/mol. The largest absolute Gasteiger partial charge is 0.477 e. The summed E-state index contributed by atoms with van der Waals surface area (Å²) in [5.74, 6) is -2.34. The minimum Gasteiger partial charge on any atom is -0.477 e. The van der Waals surface area contributed by atoms with Crippen LogP contribution >= 0.6 is 0 Å². The Labute approximate surface area is 167 Å². The van der Waals surface area contributed by atoms with Crippen molar-refractivity contribution in [1.82, 2.24) is 4.90 Å². The van der Waals surface area contributed by atoms with Crippen LogP contribution in [0, 0.1) is 5.92 Å². The third kappa shape index (κ3) is 3.19. The van der Waals surface area contributed by atoms with Gasteiger partial charge >= 0.3 is 5.97 Å². The predicted molar refractivity (Wildman–Crippen MR) is 106 cm³/mol. The van der Waals surface area contributed by atoms with Crippen LogP contribution in [0.5, 0.6) is 0 Å². The van der Waals surface area contributed by atoms with E-state index >= 15 is 0 Å². The molecule has 2 amide bonds. The number of aliphatic carboxylic acids is 1. The lowest BCUT2D eigenvalue weighted by Crippen LogP contribution is -2.61.